The molecule has 30 heavy (non-hydrogen) atoms. The Labute approximate surface area is 180 Å². The predicted octanol–water partition coefficient (Wildman–Crippen LogP) is 4.51. The molecule has 0 unspecified atom stereocenters. The molecule has 3 aromatic rings. The van der Waals surface area contributed by atoms with Gasteiger partial charge in [-0.25, -0.2) is 4.98 Å². The number of nitrogens with zero attached hydrogens (tertiary/aromatic N) is 4. The molecule has 4 rings (SSSR count). The van der Waals surface area contributed by atoms with Crippen LogP contribution in [-0.4, -0.2) is 28.2 Å². The average Bonchev–Trinajstić information content (AvgIpc) is 3.31. The van der Waals surface area contributed by atoms with Gasteiger partial charge in [0.2, 0.25) is 0 Å². The lowest BCUT2D eigenvalue weighted by Crippen LogP contribution is -2.42. The lowest BCUT2D eigenvalue weighted by molar-refractivity contribution is -0.140. The predicted molar refractivity (Wildman–Crippen MR) is 116 cm³/mol. The summed E-state index contributed by atoms with van der Waals surface area (Å²) >= 11 is 2.98. The van der Waals surface area contributed by atoms with E-state index in [4.69, 9.17) is 5.26 Å². The fraction of sp³-hybridized carbons (Fsp3) is 0.136. The minimum Gasteiger partial charge on any atom is -0.274 e. The van der Waals surface area contributed by atoms with Gasteiger partial charge in [-0.1, -0.05) is 12.1 Å². The van der Waals surface area contributed by atoms with Gasteiger partial charge in [0, 0.05) is 17.0 Å². The van der Waals surface area contributed by atoms with Crippen LogP contribution < -0.4 is 0 Å². The number of fused-ring (bicyclic) bond motifs is 1. The number of thiazole rings is 1. The normalized spacial score (nSPS) is 15.7. The smallest absolute Gasteiger partial charge is 0.271 e. The van der Waals surface area contributed by atoms with E-state index >= 15 is 0 Å². The number of hydrogen-bond acceptors (Lipinski definition) is 7. The molecule has 0 radical (unpaired) electrons. The number of carbonyl (C=O) groups is 2. The summed E-state index contributed by atoms with van der Waals surface area (Å²) in [5, 5.41) is 18.9. The average molecular weight is 431 g/mol. The summed E-state index contributed by atoms with van der Waals surface area (Å²) in [6, 6.07) is 13.4. The second-order valence-electron chi connectivity index (χ2n) is 6.55. The molecule has 146 valence electrons. The number of likely N-dealkylation sites (N-methyl/N-ethyl adjacent to an activating group) is 1. The van der Waals surface area contributed by atoms with Crippen molar-refractivity contribution in [2.24, 2.45) is 0 Å². The molecule has 2 amide bonds. The summed E-state index contributed by atoms with van der Waals surface area (Å²) in [4.78, 5) is 32.6. The maximum atomic E-state index is 12.7. The van der Waals surface area contributed by atoms with E-state index in [9.17, 15) is 14.9 Å². The third kappa shape index (κ3) is 3.22. The first kappa shape index (κ1) is 19.7. The van der Waals surface area contributed by atoms with Crippen molar-refractivity contribution in [1.29, 1.82) is 10.5 Å². The fourth-order valence-electron chi connectivity index (χ4n) is 3.20. The van der Waals surface area contributed by atoms with E-state index in [1.54, 1.807) is 32.1 Å². The van der Waals surface area contributed by atoms with E-state index in [1.165, 1.54) is 22.7 Å². The van der Waals surface area contributed by atoms with Crippen molar-refractivity contribution in [3.8, 4) is 22.6 Å². The second-order valence-corrected chi connectivity index (χ2v) is 8.64. The molecule has 0 fully saturated rings. The molecule has 2 aromatic heterocycles. The molecule has 1 aliphatic rings. The Morgan fingerprint density at radius 2 is 1.83 bits per heavy atom. The molecule has 6 nitrogen and oxygen atoms in total. The largest absolute Gasteiger partial charge is 0.274 e. The number of thiophene rings is 1. The highest BCUT2D eigenvalue weighted by molar-refractivity contribution is 7.29. The summed E-state index contributed by atoms with van der Waals surface area (Å²) in [5.41, 5.74) is 2.32. The molecule has 0 aliphatic carbocycles. The highest BCUT2D eigenvalue weighted by Crippen LogP contribution is 2.37. The first-order valence-electron chi connectivity index (χ1n) is 9.07. The van der Waals surface area contributed by atoms with Gasteiger partial charge in [0.15, 0.2) is 0 Å². The molecule has 1 aliphatic heterocycles. The lowest BCUT2D eigenvalue weighted by Gasteiger charge is -2.25. The summed E-state index contributed by atoms with van der Waals surface area (Å²) in [7, 11) is 0. The SMILES string of the molecule is CCN1C(=O)C(C#N)=C(C)/C(=C/c2nc3sc(-c4ccc(C#N)cc4)cc3s2)C1=O. The Morgan fingerprint density at radius 3 is 2.43 bits per heavy atom. The lowest BCUT2D eigenvalue weighted by atomic mass is 9.95. The van der Waals surface area contributed by atoms with Gasteiger partial charge in [0.05, 0.1) is 16.3 Å². The third-order valence-corrected chi connectivity index (χ3v) is 6.97. The van der Waals surface area contributed by atoms with Crippen LogP contribution in [0, 0.1) is 22.7 Å². The van der Waals surface area contributed by atoms with Crippen molar-refractivity contribution >= 4 is 50.1 Å². The molecule has 0 spiro atoms. The van der Waals surface area contributed by atoms with E-state index in [2.05, 4.69) is 11.1 Å². The minimum atomic E-state index is -0.549. The first-order chi connectivity index (χ1) is 14.5. The molecule has 0 saturated heterocycles. The Bertz CT molecular complexity index is 1310. The summed E-state index contributed by atoms with van der Waals surface area (Å²) in [6.07, 6.45) is 1.66. The molecule has 8 heteroatoms. The van der Waals surface area contributed by atoms with Gasteiger partial charge >= 0.3 is 0 Å². The van der Waals surface area contributed by atoms with Gasteiger partial charge < -0.3 is 0 Å². The van der Waals surface area contributed by atoms with Crippen LogP contribution in [0.3, 0.4) is 0 Å². The van der Waals surface area contributed by atoms with Crippen molar-refractivity contribution < 1.29 is 9.59 Å². The number of hydrogen-bond donors (Lipinski definition) is 0. The quantitative estimate of drug-likeness (QED) is 0.450. The zero-order chi connectivity index (χ0) is 21.4. The maximum Gasteiger partial charge on any atom is 0.271 e. The van der Waals surface area contributed by atoms with Crippen molar-refractivity contribution in [1.82, 2.24) is 9.88 Å². The van der Waals surface area contributed by atoms with Crippen molar-refractivity contribution in [3.05, 3.63) is 57.6 Å². The molecule has 0 bridgehead atoms. The first-order valence-corrected chi connectivity index (χ1v) is 10.7. The van der Waals surface area contributed by atoms with E-state index in [-0.39, 0.29) is 12.1 Å². The molecule has 1 aromatic carbocycles. The number of carbonyl (C=O) groups excluding carboxylic acids is 2. The topological polar surface area (TPSA) is 97.8 Å². The monoisotopic (exact) mass is 430 g/mol. The number of nitriles is 2. The fourth-order valence-corrected chi connectivity index (χ4v) is 5.38. The number of benzene rings is 1. The number of aromatic nitrogens is 1. The minimum absolute atomic E-state index is 0.0100. The Balaban J connectivity index is 1.72. The van der Waals surface area contributed by atoms with Crippen LogP contribution in [0.15, 0.2) is 47.1 Å². The van der Waals surface area contributed by atoms with Crippen LogP contribution in [0.1, 0.15) is 24.4 Å². The van der Waals surface area contributed by atoms with Crippen LogP contribution in [0.25, 0.3) is 26.0 Å². The van der Waals surface area contributed by atoms with Crippen molar-refractivity contribution in [2.45, 2.75) is 13.8 Å². The summed E-state index contributed by atoms with van der Waals surface area (Å²) in [5.74, 6) is -0.956. The highest BCUT2D eigenvalue weighted by atomic mass is 32.1. The van der Waals surface area contributed by atoms with Crippen molar-refractivity contribution in [2.75, 3.05) is 6.54 Å². The zero-order valence-corrected chi connectivity index (χ0v) is 17.7. The van der Waals surface area contributed by atoms with Crippen LogP contribution >= 0.6 is 22.7 Å². The summed E-state index contributed by atoms with van der Waals surface area (Å²) < 4.78 is 0.986. The molecule has 0 saturated carbocycles. The maximum absolute atomic E-state index is 12.7. The van der Waals surface area contributed by atoms with Crippen LogP contribution in [0.5, 0.6) is 0 Å². The molecular formula is C22H14N4O2S2. The second kappa shape index (κ2) is 7.68. The van der Waals surface area contributed by atoms with E-state index in [0.717, 1.165) is 24.9 Å². The van der Waals surface area contributed by atoms with Gasteiger partial charge in [0.1, 0.15) is 21.5 Å². The molecular weight excluding hydrogens is 416 g/mol. The third-order valence-electron chi connectivity index (χ3n) is 4.81. The Kier molecular flexibility index (Phi) is 5.04. The molecule has 0 atom stereocenters. The van der Waals surface area contributed by atoms with Crippen LogP contribution in [0.4, 0.5) is 0 Å². The van der Waals surface area contributed by atoms with E-state index in [0.29, 0.717) is 21.7 Å². The molecule has 0 N–H and O–H groups in total. The number of amides is 2. The Hall–Kier alpha value is -3.59. The standard InChI is InChI=1S/C22H14N4O2S2/c1-3-26-21(27)15(12(2)16(11-24)22(26)28)8-19-25-20-18(29-19)9-17(30-20)14-6-4-13(10-23)5-7-14/h4-9H,3H2,1-2H3/b15-8-. The zero-order valence-electron chi connectivity index (χ0n) is 16.1. The van der Waals surface area contributed by atoms with Gasteiger partial charge in [-0.15, -0.1) is 22.7 Å². The van der Waals surface area contributed by atoms with Crippen LogP contribution in [-0.2, 0) is 9.59 Å². The molecule has 3 heterocycles. The number of imide groups is 1. The van der Waals surface area contributed by atoms with Crippen LogP contribution in [0.2, 0.25) is 0 Å². The van der Waals surface area contributed by atoms with E-state index < -0.39 is 11.8 Å². The van der Waals surface area contributed by atoms with Gasteiger partial charge in [0.25, 0.3) is 11.8 Å². The van der Waals surface area contributed by atoms with Crippen molar-refractivity contribution in [3.63, 3.8) is 0 Å². The Morgan fingerprint density at radius 1 is 1.10 bits per heavy atom. The van der Waals surface area contributed by atoms with E-state index in [1.807, 2.05) is 24.3 Å². The highest BCUT2D eigenvalue weighted by Gasteiger charge is 2.34. The van der Waals surface area contributed by atoms with Gasteiger partial charge in [-0.05, 0) is 49.3 Å². The van der Waals surface area contributed by atoms with Gasteiger partial charge in [-0.2, -0.15) is 10.5 Å². The summed E-state index contributed by atoms with van der Waals surface area (Å²) in [6.45, 7) is 3.52. The number of rotatable bonds is 3. The van der Waals surface area contributed by atoms with Gasteiger partial charge in [-0.3, -0.25) is 14.5 Å².